The fraction of sp³-hybridized carbons (Fsp3) is 1.00. The molecule has 4 heteroatoms. The molecular formula is CH10AlFePSi. The van der Waals surface area contributed by atoms with E-state index in [2.05, 4.69) is 9.24 Å². The molecule has 0 aliphatic heterocycles. The molecule has 0 rings (SSSR count). The zero-order chi connectivity index (χ0) is 2.71. The van der Waals surface area contributed by atoms with Gasteiger partial charge in [0.05, 0.1) is 0 Å². The molecule has 0 bridgehead atoms. The van der Waals surface area contributed by atoms with E-state index in [0.29, 0.717) is 0 Å². The Balaban J connectivity index is -0.0000000200. The van der Waals surface area contributed by atoms with Gasteiger partial charge in [-0.1, -0.05) is 5.79 Å². The monoisotopic (exact) mass is 164 g/mol. The molecule has 5 heavy (non-hydrogen) atoms. The predicted octanol–water partition coefficient (Wildman–Crippen LogP) is -2.00. The molecule has 0 saturated carbocycles. The molecule has 0 aliphatic rings. The molecule has 0 fully saturated rings. The topological polar surface area (TPSA) is 0 Å². The Morgan fingerprint density at radius 1 is 1.60 bits per heavy atom. The van der Waals surface area contributed by atoms with Crippen LogP contribution < -0.4 is 0 Å². The third-order valence-electron chi connectivity index (χ3n) is 0. The average Bonchev–Trinajstić information content (AvgIpc) is 0.918. The number of rotatable bonds is 0. The molecule has 1 unspecified atom stereocenters. The van der Waals surface area contributed by atoms with Gasteiger partial charge in [0.25, 0.3) is 0 Å². The van der Waals surface area contributed by atoms with Crippen molar-refractivity contribution in [3.05, 3.63) is 0 Å². The van der Waals surface area contributed by atoms with E-state index in [1.165, 1.54) is 16.0 Å². The van der Waals surface area contributed by atoms with Crippen LogP contribution in [0.4, 0.5) is 0 Å². The Kier molecular flexibility index (Phi) is 54.9. The van der Waals surface area contributed by atoms with Crippen LogP contribution in [-0.4, -0.2) is 33.4 Å². The van der Waals surface area contributed by atoms with Gasteiger partial charge in [0.15, 0.2) is 17.4 Å². The molecule has 0 aliphatic carbocycles. The van der Waals surface area contributed by atoms with Crippen molar-refractivity contribution in [2.45, 2.75) is 0 Å². The zero-order valence-electron chi connectivity index (χ0n) is 2.64. The Morgan fingerprint density at radius 3 is 1.60 bits per heavy atom. The first kappa shape index (κ1) is 15.9. The quantitative estimate of drug-likeness (QED) is 0.287. The van der Waals surface area contributed by atoms with Crippen LogP contribution in [0.5, 0.6) is 0 Å². The summed E-state index contributed by atoms with van der Waals surface area (Å²) in [4.78, 5) is 0. The van der Waals surface area contributed by atoms with Crippen molar-refractivity contribution in [3.8, 4) is 0 Å². The first-order valence-corrected chi connectivity index (χ1v) is 3.35. The Morgan fingerprint density at radius 2 is 1.60 bits per heavy atom. The van der Waals surface area contributed by atoms with Crippen molar-refractivity contribution in [1.82, 2.24) is 0 Å². The second-order valence-corrected chi connectivity index (χ2v) is 3.67. The summed E-state index contributed by atoms with van der Waals surface area (Å²) in [5, 5.41) is 0. The Hall–Kier alpha value is 1.70. The summed E-state index contributed by atoms with van der Waals surface area (Å²) in [6.07, 6.45) is 0. The summed E-state index contributed by atoms with van der Waals surface area (Å²) >= 11 is 0. The van der Waals surface area contributed by atoms with Gasteiger partial charge >= 0.3 is 0 Å². The van der Waals surface area contributed by atoms with Crippen LogP contribution >= 0.6 is 9.24 Å². The summed E-state index contributed by atoms with van der Waals surface area (Å²) in [6.45, 7) is 0. The second kappa shape index (κ2) is 17.3. The Labute approximate surface area is 59.7 Å². The van der Waals surface area contributed by atoms with Crippen LogP contribution in [0.25, 0.3) is 0 Å². The normalized spacial score (nSPS) is 4.20. The van der Waals surface area contributed by atoms with Crippen LogP contribution in [0, 0.1) is 0 Å². The SMILES string of the molecule is [AlH3].[Fe].[SiH3]CP. The maximum atomic E-state index is 2.64. The largest absolute Gasteiger partial charge is 0.187 e. The molecule has 0 aromatic rings. The van der Waals surface area contributed by atoms with Gasteiger partial charge in [0.2, 0.25) is 0 Å². The van der Waals surface area contributed by atoms with Gasteiger partial charge in [-0.25, -0.2) is 0 Å². The van der Waals surface area contributed by atoms with Gasteiger partial charge < -0.3 is 0 Å². The predicted molar refractivity (Wildman–Crippen MR) is 34.5 cm³/mol. The third kappa shape index (κ3) is 27.0. The van der Waals surface area contributed by atoms with E-state index in [9.17, 15) is 0 Å². The Bertz CT molecular complexity index is 11.6. The zero-order valence-corrected chi connectivity index (χ0v) is 6.90. The van der Waals surface area contributed by atoms with Crippen LogP contribution in [0.15, 0.2) is 0 Å². The summed E-state index contributed by atoms with van der Waals surface area (Å²) in [6, 6.07) is 0. The molecule has 0 N–H and O–H groups in total. The van der Waals surface area contributed by atoms with Crippen molar-refractivity contribution in [1.29, 1.82) is 0 Å². The van der Waals surface area contributed by atoms with Gasteiger partial charge in [-0.05, 0) is 0 Å². The van der Waals surface area contributed by atoms with Gasteiger partial charge in [0, 0.05) is 27.3 Å². The molecule has 0 heterocycles. The molecule has 0 saturated heterocycles. The van der Waals surface area contributed by atoms with Crippen molar-refractivity contribution in [3.63, 3.8) is 0 Å². The number of hydrogen-bond donors (Lipinski definition) is 0. The van der Waals surface area contributed by atoms with E-state index in [-0.39, 0.29) is 34.4 Å². The third-order valence-corrected chi connectivity index (χ3v) is 0. The van der Waals surface area contributed by atoms with E-state index in [4.69, 9.17) is 0 Å². The standard InChI is InChI=1S/CH7PSi.Al.Fe.3H/c2-1-3;;;;;/h1-2H2,3H3;;;;;. The fourth-order valence-electron chi connectivity index (χ4n) is 0. The molecular weight excluding hydrogens is 154 g/mol. The maximum Gasteiger partial charge on any atom is 0.187 e. The van der Waals surface area contributed by atoms with Crippen LogP contribution in [0.1, 0.15) is 0 Å². The van der Waals surface area contributed by atoms with Gasteiger partial charge in [0.1, 0.15) is 0 Å². The van der Waals surface area contributed by atoms with Crippen LogP contribution in [0.3, 0.4) is 0 Å². The summed E-state index contributed by atoms with van der Waals surface area (Å²) < 4.78 is 0. The fourth-order valence-corrected chi connectivity index (χ4v) is 0. The van der Waals surface area contributed by atoms with E-state index in [1.54, 1.807) is 0 Å². The first-order chi connectivity index (χ1) is 1.41. The van der Waals surface area contributed by atoms with Crippen molar-refractivity contribution < 1.29 is 17.1 Å². The maximum absolute atomic E-state index is 2.64. The van der Waals surface area contributed by atoms with Gasteiger partial charge in [-0.15, -0.1) is 9.24 Å². The molecule has 34 valence electrons. The average molecular weight is 164 g/mol. The molecule has 0 spiro atoms. The molecule has 0 aromatic heterocycles. The molecule has 0 amide bonds. The van der Waals surface area contributed by atoms with Crippen molar-refractivity contribution in [2.75, 3.05) is 5.79 Å². The number of hydrogen-bond acceptors (Lipinski definition) is 0. The van der Waals surface area contributed by atoms with E-state index >= 15 is 0 Å². The molecule has 0 aromatic carbocycles. The first-order valence-electron chi connectivity index (χ1n) is 1.12. The summed E-state index contributed by atoms with van der Waals surface area (Å²) in [7, 11) is 3.97. The minimum atomic E-state index is 0. The van der Waals surface area contributed by atoms with Gasteiger partial charge in [-0.3, -0.25) is 0 Å². The van der Waals surface area contributed by atoms with E-state index in [0.717, 1.165) is 0 Å². The van der Waals surface area contributed by atoms with Crippen LogP contribution in [0.2, 0.25) is 0 Å². The van der Waals surface area contributed by atoms with E-state index < -0.39 is 0 Å². The van der Waals surface area contributed by atoms with E-state index in [1.807, 2.05) is 0 Å². The second-order valence-electron chi connectivity index (χ2n) is 0.408. The summed E-state index contributed by atoms with van der Waals surface area (Å²) in [5.41, 5.74) is 0. The smallest absolute Gasteiger partial charge is 0.141 e. The minimum Gasteiger partial charge on any atom is -0.141 e. The summed E-state index contributed by atoms with van der Waals surface area (Å²) in [5.74, 6) is 1.31. The van der Waals surface area contributed by atoms with Gasteiger partial charge in [-0.2, -0.15) is 0 Å². The van der Waals surface area contributed by atoms with Crippen molar-refractivity contribution in [2.24, 2.45) is 0 Å². The molecule has 0 radical (unpaired) electrons. The molecule has 0 nitrogen and oxygen atoms in total. The van der Waals surface area contributed by atoms with Crippen molar-refractivity contribution >= 4 is 36.8 Å². The van der Waals surface area contributed by atoms with Crippen LogP contribution in [-0.2, 0) is 17.1 Å². The molecule has 1 atom stereocenters. The minimum absolute atomic E-state index is 0.